The van der Waals surface area contributed by atoms with Gasteiger partial charge in [-0.25, -0.2) is 4.39 Å². The molecule has 0 bridgehead atoms. The van der Waals surface area contributed by atoms with E-state index in [0.717, 1.165) is 18.4 Å². The molecule has 1 nitrogen and oxygen atoms in total. The molecule has 0 fully saturated rings. The summed E-state index contributed by atoms with van der Waals surface area (Å²) in [5.74, 6) is 2.31. The van der Waals surface area contributed by atoms with E-state index in [-0.39, 0.29) is 17.1 Å². The summed E-state index contributed by atoms with van der Waals surface area (Å²) in [4.78, 5) is 0. The fourth-order valence-electron chi connectivity index (χ4n) is 1.68. The molecule has 0 radical (unpaired) electrons. The van der Waals surface area contributed by atoms with Gasteiger partial charge in [-0.2, -0.15) is 0 Å². The highest BCUT2D eigenvalue weighted by Crippen LogP contribution is 2.21. The van der Waals surface area contributed by atoms with Crippen molar-refractivity contribution in [3.8, 4) is 12.3 Å². The predicted octanol–water partition coefficient (Wildman–Crippen LogP) is 3.93. The zero-order valence-electron chi connectivity index (χ0n) is 10.1. The Bertz CT molecular complexity index is 411. The van der Waals surface area contributed by atoms with E-state index in [2.05, 4.69) is 18.2 Å². The molecule has 1 rings (SSSR count). The third-order valence-electron chi connectivity index (χ3n) is 2.67. The second-order valence-corrected chi connectivity index (χ2v) is 4.48. The second kappa shape index (κ2) is 6.64. The van der Waals surface area contributed by atoms with Crippen LogP contribution >= 0.6 is 11.6 Å². The van der Waals surface area contributed by atoms with Crippen LogP contribution in [0.1, 0.15) is 38.3 Å². The maximum atomic E-state index is 13.0. The second-order valence-electron chi connectivity index (χ2n) is 4.07. The number of rotatable bonds is 5. The molecule has 0 aliphatic rings. The minimum absolute atomic E-state index is 0.0406. The third-order valence-corrected chi connectivity index (χ3v) is 2.96. The SMILES string of the molecule is C#CC(CCC)NC(C)c1ccc(F)c(Cl)c1. The molecule has 0 spiro atoms. The molecule has 1 aromatic rings. The van der Waals surface area contributed by atoms with Crippen molar-refractivity contribution in [2.75, 3.05) is 0 Å². The van der Waals surface area contributed by atoms with Gasteiger partial charge in [0, 0.05) is 6.04 Å². The number of halogens is 2. The third kappa shape index (κ3) is 4.03. The lowest BCUT2D eigenvalue weighted by molar-refractivity contribution is 0.494. The van der Waals surface area contributed by atoms with Crippen LogP contribution in [0.2, 0.25) is 5.02 Å². The summed E-state index contributed by atoms with van der Waals surface area (Å²) < 4.78 is 13.0. The number of benzene rings is 1. The Labute approximate surface area is 107 Å². The fourth-order valence-corrected chi connectivity index (χ4v) is 1.87. The van der Waals surface area contributed by atoms with Crippen molar-refractivity contribution in [1.29, 1.82) is 0 Å². The van der Waals surface area contributed by atoms with E-state index >= 15 is 0 Å². The molecule has 2 unspecified atom stereocenters. The van der Waals surface area contributed by atoms with Crippen LogP contribution in [0.3, 0.4) is 0 Å². The van der Waals surface area contributed by atoms with E-state index < -0.39 is 5.82 Å². The van der Waals surface area contributed by atoms with Gasteiger partial charge in [-0.05, 0) is 31.0 Å². The molecular weight excluding hydrogens is 237 g/mol. The quantitative estimate of drug-likeness (QED) is 0.784. The molecule has 0 saturated carbocycles. The molecule has 2 atom stereocenters. The highest BCUT2D eigenvalue weighted by atomic mass is 35.5. The van der Waals surface area contributed by atoms with Crippen molar-refractivity contribution >= 4 is 11.6 Å². The normalized spacial score (nSPS) is 14.1. The van der Waals surface area contributed by atoms with E-state index in [4.69, 9.17) is 18.0 Å². The Morgan fingerprint density at radius 2 is 2.24 bits per heavy atom. The molecule has 1 aromatic carbocycles. The van der Waals surface area contributed by atoms with E-state index in [1.807, 2.05) is 6.92 Å². The lowest BCUT2D eigenvalue weighted by Crippen LogP contribution is -2.30. The number of hydrogen-bond acceptors (Lipinski definition) is 1. The van der Waals surface area contributed by atoms with Crippen LogP contribution in [0.4, 0.5) is 4.39 Å². The summed E-state index contributed by atoms with van der Waals surface area (Å²) in [7, 11) is 0. The summed E-state index contributed by atoms with van der Waals surface area (Å²) in [6, 6.07) is 4.83. The molecule has 0 heterocycles. The standard InChI is InChI=1S/C14H17ClFN/c1-4-6-12(5-2)17-10(3)11-7-8-14(16)13(15)9-11/h2,7-10,12,17H,4,6H2,1,3H3. The lowest BCUT2D eigenvalue weighted by Gasteiger charge is -2.19. The Kier molecular flexibility index (Phi) is 5.47. The molecule has 0 amide bonds. The summed E-state index contributed by atoms with van der Waals surface area (Å²) in [5, 5.41) is 3.46. The zero-order valence-corrected chi connectivity index (χ0v) is 10.9. The lowest BCUT2D eigenvalue weighted by atomic mass is 10.1. The van der Waals surface area contributed by atoms with E-state index in [1.165, 1.54) is 6.07 Å². The van der Waals surface area contributed by atoms with Crippen molar-refractivity contribution in [1.82, 2.24) is 5.32 Å². The largest absolute Gasteiger partial charge is 0.297 e. The Hall–Kier alpha value is -1.04. The fraction of sp³-hybridized carbons (Fsp3) is 0.429. The molecule has 0 aromatic heterocycles. The van der Waals surface area contributed by atoms with E-state index in [0.29, 0.717) is 0 Å². The molecule has 3 heteroatoms. The highest BCUT2D eigenvalue weighted by Gasteiger charge is 2.11. The van der Waals surface area contributed by atoms with Gasteiger partial charge in [0.25, 0.3) is 0 Å². The first-order valence-electron chi connectivity index (χ1n) is 5.75. The monoisotopic (exact) mass is 253 g/mol. The summed E-state index contributed by atoms with van der Waals surface area (Å²) in [5.41, 5.74) is 0.938. The number of nitrogens with one attached hydrogen (secondary N) is 1. The van der Waals surface area contributed by atoms with Gasteiger partial charge >= 0.3 is 0 Å². The first kappa shape index (κ1) is 14.0. The molecule has 1 N–H and O–H groups in total. The van der Waals surface area contributed by atoms with Crippen LogP contribution in [-0.4, -0.2) is 6.04 Å². The first-order chi connectivity index (χ1) is 8.08. The van der Waals surface area contributed by atoms with Crippen LogP contribution in [-0.2, 0) is 0 Å². The highest BCUT2D eigenvalue weighted by molar-refractivity contribution is 6.30. The molecule has 92 valence electrons. The average Bonchev–Trinajstić information content (AvgIpc) is 2.31. The van der Waals surface area contributed by atoms with Crippen molar-refractivity contribution in [3.63, 3.8) is 0 Å². The van der Waals surface area contributed by atoms with Crippen LogP contribution in [0.5, 0.6) is 0 Å². The van der Waals surface area contributed by atoms with Gasteiger partial charge < -0.3 is 0 Å². The van der Waals surface area contributed by atoms with Gasteiger partial charge in [-0.1, -0.05) is 36.9 Å². The number of terminal acetylenes is 1. The van der Waals surface area contributed by atoms with Crippen molar-refractivity contribution in [2.24, 2.45) is 0 Å². The number of hydrogen-bond donors (Lipinski definition) is 1. The topological polar surface area (TPSA) is 12.0 Å². The zero-order chi connectivity index (χ0) is 12.8. The minimum Gasteiger partial charge on any atom is -0.297 e. The van der Waals surface area contributed by atoms with Gasteiger partial charge in [0.2, 0.25) is 0 Å². The average molecular weight is 254 g/mol. The van der Waals surface area contributed by atoms with Crippen LogP contribution in [0.25, 0.3) is 0 Å². The van der Waals surface area contributed by atoms with Crippen molar-refractivity contribution < 1.29 is 4.39 Å². The smallest absolute Gasteiger partial charge is 0.141 e. The first-order valence-corrected chi connectivity index (χ1v) is 6.13. The van der Waals surface area contributed by atoms with Gasteiger partial charge in [0.05, 0.1) is 11.1 Å². The minimum atomic E-state index is -0.398. The van der Waals surface area contributed by atoms with Crippen molar-refractivity contribution in [2.45, 2.75) is 38.8 Å². The predicted molar refractivity (Wildman–Crippen MR) is 70.5 cm³/mol. The molecule has 17 heavy (non-hydrogen) atoms. The summed E-state index contributed by atoms with van der Waals surface area (Å²) >= 11 is 5.75. The summed E-state index contributed by atoms with van der Waals surface area (Å²) in [6.07, 6.45) is 7.39. The van der Waals surface area contributed by atoms with Crippen molar-refractivity contribution in [3.05, 3.63) is 34.6 Å². The molecule has 0 aliphatic heterocycles. The molecule has 0 saturated heterocycles. The Morgan fingerprint density at radius 3 is 2.76 bits per heavy atom. The molecular formula is C14H17ClFN. The van der Waals surface area contributed by atoms with Crippen LogP contribution < -0.4 is 5.32 Å². The molecule has 0 aliphatic carbocycles. The maximum Gasteiger partial charge on any atom is 0.141 e. The van der Waals surface area contributed by atoms with Gasteiger partial charge in [-0.15, -0.1) is 6.42 Å². The van der Waals surface area contributed by atoms with E-state index in [1.54, 1.807) is 12.1 Å². The Morgan fingerprint density at radius 1 is 1.53 bits per heavy atom. The summed E-state index contributed by atoms with van der Waals surface area (Å²) in [6.45, 7) is 4.08. The van der Waals surface area contributed by atoms with Crippen LogP contribution in [0, 0.1) is 18.2 Å². The Balaban J connectivity index is 2.72. The van der Waals surface area contributed by atoms with E-state index in [9.17, 15) is 4.39 Å². The van der Waals surface area contributed by atoms with Gasteiger partial charge in [0.15, 0.2) is 0 Å². The van der Waals surface area contributed by atoms with Crippen LogP contribution in [0.15, 0.2) is 18.2 Å². The van der Waals surface area contributed by atoms with Gasteiger partial charge in [0.1, 0.15) is 5.82 Å². The maximum absolute atomic E-state index is 13.0. The van der Waals surface area contributed by atoms with Gasteiger partial charge in [-0.3, -0.25) is 5.32 Å².